The minimum atomic E-state index is 0.742. The van der Waals surface area contributed by atoms with E-state index in [1.807, 2.05) is 45.2 Å². The summed E-state index contributed by atoms with van der Waals surface area (Å²) in [4.78, 5) is 9.94. The van der Waals surface area contributed by atoms with Crippen molar-refractivity contribution in [1.82, 2.24) is 9.97 Å². The first-order valence-corrected chi connectivity index (χ1v) is 6.76. The fourth-order valence-electron chi connectivity index (χ4n) is 1.56. The van der Waals surface area contributed by atoms with Crippen LogP contribution in [-0.4, -0.2) is 17.0 Å². The van der Waals surface area contributed by atoms with Crippen molar-refractivity contribution < 1.29 is 0 Å². The van der Waals surface area contributed by atoms with Crippen molar-refractivity contribution in [2.75, 3.05) is 12.4 Å². The molecule has 0 aliphatic heterocycles. The Labute approximate surface area is 116 Å². The second-order valence-corrected chi connectivity index (χ2v) is 5.35. The first kappa shape index (κ1) is 13.2. The molecular weight excluding hydrogens is 266 g/mol. The minimum absolute atomic E-state index is 0.742. The zero-order valence-electron chi connectivity index (χ0n) is 10.5. The Morgan fingerprint density at radius 2 is 1.78 bits per heavy atom. The fraction of sp³-hybridized carbons (Fsp3) is 0.231. The molecule has 2 aromatic rings. The lowest BCUT2D eigenvalue weighted by Gasteiger charge is -2.10. The van der Waals surface area contributed by atoms with Gasteiger partial charge < -0.3 is 5.32 Å². The summed E-state index contributed by atoms with van der Waals surface area (Å²) in [6.45, 7) is 3.91. The van der Waals surface area contributed by atoms with E-state index in [4.69, 9.17) is 11.6 Å². The van der Waals surface area contributed by atoms with Gasteiger partial charge in [-0.2, -0.15) is 0 Å². The molecule has 94 valence electrons. The first-order chi connectivity index (χ1) is 8.60. The summed E-state index contributed by atoms with van der Waals surface area (Å²) in [5.41, 5.74) is 1.06. The predicted molar refractivity (Wildman–Crippen MR) is 76.6 cm³/mol. The van der Waals surface area contributed by atoms with Gasteiger partial charge in [-0.3, -0.25) is 0 Å². The van der Waals surface area contributed by atoms with E-state index >= 15 is 0 Å². The van der Waals surface area contributed by atoms with Crippen LogP contribution >= 0.6 is 23.4 Å². The van der Waals surface area contributed by atoms with E-state index in [2.05, 4.69) is 15.3 Å². The zero-order chi connectivity index (χ0) is 13.1. The summed E-state index contributed by atoms with van der Waals surface area (Å²) in [6.07, 6.45) is 0. The highest BCUT2D eigenvalue weighted by atomic mass is 35.5. The van der Waals surface area contributed by atoms with Crippen LogP contribution in [0.3, 0.4) is 0 Å². The molecule has 1 aromatic heterocycles. The van der Waals surface area contributed by atoms with Gasteiger partial charge in [-0.05, 0) is 38.1 Å². The largest absolute Gasteiger partial charge is 0.373 e. The van der Waals surface area contributed by atoms with E-state index in [-0.39, 0.29) is 0 Å². The smallest absolute Gasteiger partial charge is 0.133 e. The van der Waals surface area contributed by atoms with E-state index < -0.39 is 0 Å². The van der Waals surface area contributed by atoms with Crippen LogP contribution in [0.25, 0.3) is 0 Å². The Morgan fingerprint density at radius 3 is 2.39 bits per heavy atom. The summed E-state index contributed by atoms with van der Waals surface area (Å²) in [5.74, 6) is 1.64. The molecule has 1 heterocycles. The van der Waals surface area contributed by atoms with Crippen LogP contribution in [0.5, 0.6) is 0 Å². The van der Waals surface area contributed by atoms with Crippen LogP contribution in [-0.2, 0) is 0 Å². The normalized spacial score (nSPS) is 10.4. The average Bonchev–Trinajstić information content (AvgIpc) is 2.36. The second kappa shape index (κ2) is 5.59. The predicted octanol–water partition coefficient (Wildman–Crippen LogP) is 3.94. The molecule has 0 bridgehead atoms. The highest BCUT2D eigenvalue weighted by molar-refractivity contribution is 7.99. The Balaban J connectivity index is 2.34. The Morgan fingerprint density at radius 1 is 1.11 bits per heavy atom. The molecule has 0 saturated heterocycles. The molecule has 3 nitrogen and oxygen atoms in total. The lowest BCUT2D eigenvalue weighted by molar-refractivity contribution is 0.940. The van der Waals surface area contributed by atoms with E-state index in [0.29, 0.717) is 0 Å². The van der Waals surface area contributed by atoms with Crippen molar-refractivity contribution in [2.24, 2.45) is 0 Å². The second-order valence-electron chi connectivity index (χ2n) is 3.86. The molecule has 0 amide bonds. The van der Waals surface area contributed by atoms with E-state index in [1.165, 1.54) is 0 Å². The van der Waals surface area contributed by atoms with Crippen LogP contribution in [0.1, 0.15) is 11.4 Å². The number of rotatable bonds is 3. The number of anilines is 1. The Kier molecular flexibility index (Phi) is 4.09. The molecule has 0 aliphatic carbocycles. The van der Waals surface area contributed by atoms with Gasteiger partial charge in [-0.15, -0.1) is 0 Å². The van der Waals surface area contributed by atoms with Crippen molar-refractivity contribution >= 4 is 29.2 Å². The maximum Gasteiger partial charge on any atom is 0.133 e. The third kappa shape index (κ3) is 2.94. The lowest BCUT2D eigenvalue weighted by atomic mass is 10.3. The molecule has 0 fully saturated rings. The van der Waals surface area contributed by atoms with Gasteiger partial charge in [0.25, 0.3) is 0 Å². The van der Waals surface area contributed by atoms with Crippen LogP contribution < -0.4 is 5.32 Å². The summed E-state index contributed by atoms with van der Waals surface area (Å²) in [6, 6.07) is 7.74. The number of benzene rings is 1. The Hall–Kier alpha value is -1.26. The standard InChI is InChI=1S/C13H14ClN3S/c1-8-12(15-3)16-9(2)17-13(8)18-11-6-4-10(14)5-7-11/h4-7H,1-3H3,(H,15,16,17). The molecule has 2 rings (SSSR count). The van der Waals surface area contributed by atoms with Gasteiger partial charge in [0.15, 0.2) is 0 Å². The van der Waals surface area contributed by atoms with E-state index in [9.17, 15) is 0 Å². The summed E-state index contributed by atoms with van der Waals surface area (Å²) in [7, 11) is 1.87. The van der Waals surface area contributed by atoms with Crippen molar-refractivity contribution in [3.05, 3.63) is 40.7 Å². The topological polar surface area (TPSA) is 37.8 Å². The number of aromatic nitrogens is 2. The maximum atomic E-state index is 5.87. The maximum absolute atomic E-state index is 5.87. The number of nitrogens with zero attached hydrogens (tertiary/aromatic N) is 2. The third-order valence-electron chi connectivity index (χ3n) is 2.48. The molecule has 0 atom stereocenters. The zero-order valence-corrected chi connectivity index (χ0v) is 12.1. The highest BCUT2D eigenvalue weighted by Crippen LogP contribution is 2.31. The molecule has 1 aromatic carbocycles. The quantitative estimate of drug-likeness (QED) is 0.864. The molecule has 0 saturated carbocycles. The summed E-state index contributed by atoms with van der Waals surface area (Å²) >= 11 is 7.49. The van der Waals surface area contributed by atoms with Crippen LogP contribution in [0.15, 0.2) is 34.2 Å². The molecule has 0 radical (unpaired) electrons. The van der Waals surface area contributed by atoms with Gasteiger partial charge >= 0.3 is 0 Å². The van der Waals surface area contributed by atoms with Gasteiger partial charge in [-0.25, -0.2) is 9.97 Å². The number of nitrogens with one attached hydrogen (secondary N) is 1. The monoisotopic (exact) mass is 279 g/mol. The summed E-state index contributed by atoms with van der Waals surface area (Å²) < 4.78 is 0. The molecule has 5 heteroatoms. The minimum Gasteiger partial charge on any atom is -0.373 e. The van der Waals surface area contributed by atoms with Crippen molar-refractivity contribution in [2.45, 2.75) is 23.8 Å². The number of halogens is 1. The van der Waals surface area contributed by atoms with Crippen LogP contribution in [0.2, 0.25) is 5.02 Å². The van der Waals surface area contributed by atoms with Gasteiger partial charge in [0, 0.05) is 22.5 Å². The van der Waals surface area contributed by atoms with Gasteiger partial charge in [-0.1, -0.05) is 23.4 Å². The molecule has 0 unspecified atom stereocenters. The third-order valence-corrected chi connectivity index (χ3v) is 3.83. The first-order valence-electron chi connectivity index (χ1n) is 5.56. The highest BCUT2D eigenvalue weighted by Gasteiger charge is 2.09. The fourth-order valence-corrected chi connectivity index (χ4v) is 2.61. The van der Waals surface area contributed by atoms with Gasteiger partial charge in [0.1, 0.15) is 16.7 Å². The van der Waals surface area contributed by atoms with Crippen LogP contribution in [0, 0.1) is 13.8 Å². The Bertz CT molecular complexity index is 555. The van der Waals surface area contributed by atoms with Crippen molar-refractivity contribution in [3.8, 4) is 0 Å². The van der Waals surface area contributed by atoms with Crippen molar-refractivity contribution in [3.63, 3.8) is 0 Å². The van der Waals surface area contributed by atoms with Gasteiger partial charge in [0.05, 0.1) is 0 Å². The van der Waals surface area contributed by atoms with Gasteiger partial charge in [0.2, 0.25) is 0 Å². The molecule has 0 spiro atoms. The molecule has 1 N–H and O–H groups in total. The SMILES string of the molecule is CNc1nc(C)nc(Sc2ccc(Cl)cc2)c1C. The summed E-state index contributed by atoms with van der Waals surface area (Å²) in [5, 5.41) is 4.79. The number of hydrogen-bond donors (Lipinski definition) is 1. The average molecular weight is 280 g/mol. The van der Waals surface area contributed by atoms with E-state index in [1.54, 1.807) is 11.8 Å². The number of hydrogen-bond acceptors (Lipinski definition) is 4. The lowest BCUT2D eigenvalue weighted by Crippen LogP contribution is -2.01. The number of aryl methyl sites for hydroxylation is 1. The molecule has 18 heavy (non-hydrogen) atoms. The molecular formula is C13H14ClN3S. The van der Waals surface area contributed by atoms with Crippen LogP contribution in [0.4, 0.5) is 5.82 Å². The van der Waals surface area contributed by atoms with E-state index in [0.717, 1.165) is 32.1 Å². The molecule has 0 aliphatic rings. The van der Waals surface area contributed by atoms with Crippen molar-refractivity contribution in [1.29, 1.82) is 0 Å².